The van der Waals surface area contributed by atoms with Crippen molar-refractivity contribution in [1.82, 2.24) is 0 Å². The Morgan fingerprint density at radius 3 is 1.70 bits per heavy atom. The van der Waals surface area contributed by atoms with Gasteiger partial charge in [-0.1, -0.05) is 127 Å². The predicted octanol–water partition coefficient (Wildman–Crippen LogP) is 8.01. The van der Waals surface area contributed by atoms with E-state index in [1.165, 1.54) is 83.5 Å². The molecule has 0 heterocycles. The zero-order valence-corrected chi connectivity index (χ0v) is 19.5. The van der Waals surface area contributed by atoms with Gasteiger partial charge in [0.1, 0.15) is 6.61 Å². The van der Waals surface area contributed by atoms with E-state index in [4.69, 9.17) is 9.47 Å². The molecule has 3 heteroatoms. The van der Waals surface area contributed by atoms with Crippen molar-refractivity contribution in [1.29, 1.82) is 0 Å². The average Bonchev–Trinajstić information content (AvgIpc) is 2.77. The van der Waals surface area contributed by atoms with Gasteiger partial charge in [0.05, 0.1) is 13.2 Å². The monoisotopic (exact) mass is 418 g/mol. The average molecular weight is 419 g/mol. The molecule has 0 radical (unpaired) electrons. The molecular weight excluding hydrogens is 372 g/mol. The largest absolute Gasteiger partial charge is 0.463 e. The molecule has 3 nitrogen and oxygen atoms in total. The van der Waals surface area contributed by atoms with Gasteiger partial charge in [0.25, 0.3) is 0 Å². The minimum absolute atomic E-state index is 0.0898. The second kappa shape index (κ2) is 20.9. The van der Waals surface area contributed by atoms with Gasteiger partial charge in [-0.2, -0.15) is 0 Å². The number of esters is 1. The molecule has 0 bridgehead atoms. The Hall–Kier alpha value is -1.35. The molecule has 0 spiro atoms. The number of ether oxygens (including phenoxy) is 2. The molecular formula is C27H46O3. The van der Waals surface area contributed by atoms with Gasteiger partial charge in [0.15, 0.2) is 0 Å². The summed E-state index contributed by atoms with van der Waals surface area (Å²) >= 11 is 0. The summed E-state index contributed by atoms with van der Waals surface area (Å²) in [6.45, 7) is 3.65. The van der Waals surface area contributed by atoms with Crippen molar-refractivity contribution in [2.75, 3.05) is 13.2 Å². The van der Waals surface area contributed by atoms with Crippen molar-refractivity contribution in [2.24, 2.45) is 0 Å². The highest BCUT2D eigenvalue weighted by Crippen LogP contribution is 2.13. The Morgan fingerprint density at radius 1 is 0.667 bits per heavy atom. The molecule has 0 amide bonds. The highest BCUT2D eigenvalue weighted by Gasteiger charge is 2.02. The maximum absolute atomic E-state index is 11.7. The van der Waals surface area contributed by atoms with Crippen molar-refractivity contribution in [3.05, 3.63) is 35.9 Å². The Labute approximate surface area is 185 Å². The van der Waals surface area contributed by atoms with E-state index in [9.17, 15) is 4.79 Å². The molecule has 1 rings (SSSR count). The first-order valence-electron chi connectivity index (χ1n) is 12.6. The standard InChI is InChI=1S/C27H46O3/c1-2-3-4-5-6-7-8-9-10-11-12-13-14-15-19-22-27(28)30-24-23-29-25-26-20-17-16-18-21-26/h16-18,20-21H,2-15,19,22-25H2,1H3. The molecule has 0 aliphatic rings. The number of carbonyl (C=O) groups is 1. The normalized spacial score (nSPS) is 11.0. The zero-order valence-electron chi connectivity index (χ0n) is 19.5. The number of hydrogen-bond acceptors (Lipinski definition) is 3. The molecule has 172 valence electrons. The molecule has 0 saturated carbocycles. The molecule has 30 heavy (non-hydrogen) atoms. The predicted molar refractivity (Wildman–Crippen MR) is 127 cm³/mol. The van der Waals surface area contributed by atoms with Crippen molar-refractivity contribution in [2.45, 2.75) is 116 Å². The van der Waals surface area contributed by atoms with Crippen LogP contribution in [-0.4, -0.2) is 19.2 Å². The van der Waals surface area contributed by atoms with Gasteiger partial charge in [0.2, 0.25) is 0 Å². The molecule has 0 fully saturated rings. The van der Waals surface area contributed by atoms with Gasteiger partial charge in [-0.3, -0.25) is 4.79 Å². The minimum Gasteiger partial charge on any atom is -0.463 e. The lowest BCUT2D eigenvalue weighted by Gasteiger charge is -2.06. The maximum atomic E-state index is 11.7. The van der Waals surface area contributed by atoms with Crippen LogP contribution in [-0.2, 0) is 20.9 Å². The molecule has 0 saturated heterocycles. The van der Waals surface area contributed by atoms with Crippen LogP contribution in [0.2, 0.25) is 0 Å². The zero-order chi connectivity index (χ0) is 21.5. The second-order valence-corrected chi connectivity index (χ2v) is 8.46. The molecule has 0 aliphatic carbocycles. The molecule has 0 aromatic heterocycles. The first-order valence-corrected chi connectivity index (χ1v) is 12.6. The van der Waals surface area contributed by atoms with Crippen LogP contribution < -0.4 is 0 Å². The van der Waals surface area contributed by atoms with Gasteiger partial charge in [-0.15, -0.1) is 0 Å². The first-order chi connectivity index (χ1) is 14.8. The molecule has 1 aromatic rings. The van der Waals surface area contributed by atoms with Crippen LogP contribution >= 0.6 is 0 Å². The van der Waals surface area contributed by atoms with Crippen LogP contribution in [0.4, 0.5) is 0 Å². The fourth-order valence-corrected chi connectivity index (χ4v) is 3.69. The molecule has 1 aromatic carbocycles. The van der Waals surface area contributed by atoms with Crippen LogP contribution in [0.3, 0.4) is 0 Å². The van der Waals surface area contributed by atoms with Crippen LogP contribution in [0.5, 0.6) is 0 Å². The van der Waals surface area contributed by atoms with Crippen molar-refractivity contribution < 1.29 is 14.3 Å². The summed E-state index contributed by atoms with van der Waals surface area (Å²) in [5.74, 6) is -0.0898. The Morgan fingerprint density at radius 2 is 1.17 bits per heavy atom. The van der Waals surface area contributed by atoms with E-state index in [-0.39, 0.29) is 5.97 Å². The fraction of sp³-hybridized carbons (Fsp3) is 0.741. The number of rotatable bonds is 21. The van der Waals surface area contributed by atoms with Gasteiger partial charge in [0, 0.05) is 6.42 Å². The maximum Gasteiger partial charge on any atom is 0.305 e. The summed E-state index contributed by atoms with van der Waals surface area (Å²) in [6.07, 6.45) is 20.6. The fourth-order valence-electron chi connectivity index (χ4n) is 3.69. The Bertz CT molecular complexity index is 486. The van der Waals surface area contributed by atoms with E-state index >= 15 is 0 Å². The molecule has 0 aliphatic heterocycles. The third kappa shape index (κ3) is 17.5. The number of hydrogen-bond donors (Lipinski definition) is 0. The van der Waals surface area contributed by atoms with E-state index in [1.54, 1.807) is 0 Å². The van der Waals surface area contributed by atoms with Crippen LogP contribution in [0, 0.1) is 0 Å². The van der Waals surface area contributed by atoms with E-state index < -0.39 is 0 Å². The lowest BCUT2D eigenvalue weighted by molar-refractivity contribution is -0.145. The van der Waals surface area contributed by atoms with Crippen LogP contribution in [0.25, 0.3) is 0 Å². The van der Waals surface area contributed by atoms with E-state index in [0.717, 1.165) is 18.4 Å². The summed E-state index contributed by atoms with van der Waals surface area (Å²) in [5.41, 5.74) is 1.14. The third-order valence-electron chi connectivity index (χ3n) is 5.59. The van der Waals surface area contributed by atoms with E-state index in [0.29, 0.717) is 26.2 Å². The third-order valence-corrected chi connectivity index (χ3v) is 5.59. The van der Waals surface area contributed by atoms with Gasteiger partial charge < -0.3 is 9.47 Å². The quantitative estimate of drug-likeness (QED) is 0.150. The summed E-state index contributed by atoms with van der Waals surface area (Å²) in [6, 6.07) is 10.0. The molecule has 0 unspecified atom stereocenters. The topological polar surface area (TPSA) is 35.5 Å². The van der Waals surface area contributed by atoms with Crippen LogP contribution in [0.1, 0.15) is 115 Å². The van der Waals surface area contributed by atoms with Gasteiger partial charge in [-0.05, 0) is 12.0 Å². The van der Waals surface area contributed by atoms with Crippen LogP contribution in [0.15, 0.2) is 30.3 Å². The molecule has 0 atom stereocenters. The summed E-state index contributed by atoms with van der Waals surface area (Å²) in [5, 5.41) is 0. The number of benzene rings is 1. The van der Waals surface area contributed by atoms with E-state index in [1.807, 2.05) is 30.3 Å². The van der Waals surface area contributed by atoms with Crippen molar-refractivity contribution in [3.8, 4) is 0 Å². The molecule has 0 N–H and O–H groups in total. The number of unbranched alkanes of at least 4 members (excludes halogenated alkanes) is 14. The van der Waals surface area contributed by atoms with Gasteiger partial charge in [-0.25, -0.2) is 0 Å². The first kappa shape index (κ1) is 26.7. The second-order valence-electron chi connectivity index (χ2n) is 8.46. The number of carbonyl (C=O) groups excluding carboxylic acids is 1. The Balaban J connectivity index is 1.74. The lowest BCUT2D eigenvalue weighted by Crippen LogP contribution is -2.10. The SMILES string of the molecule is CCCCCCCCCCCCCCCCCC(=O)OCCOCc1ccccc1. The highest BCUT2D eigenvalue weighted by molar-refractivity contribution is 5.69. The van der Waals surface area contributed by atoms with E-state index in [2.05, 4.69) is 6.92 Å². The van der Waals surface area contributed by atoms with Gasteiger partial charge >= 0.3 is 5.97 Å². The summed E-state index contributed by atoms with van der Waals surface area (Å²) in [7, 11) is 0. The van der Waals surface area contributed by atoms with Crippen molar-refractivity contribution >= 4 is 5.97 Å². The Kier molecular flexibility index (Phi) is 18.6. The lowest BCUT2D eigenvalue weighted by atomic mass is 10.0. The van der Waals surface area contributed by atoms with Crippen molar-refractivity contribution in [3.63, 3.8) is 0 Å². The summed E-state index contributed by atoms with van der Waals surface area (Å²) < 4.78 is 10.8. The minimum atomic E-state index is -0.0898. The smallest absolute Gasteiger partial charge is 0.305 e. The highest BCUT2D eigenvalue weighted by atomic mass is 16.6. The summed E-state index contributed by atoms with van der Waals surface area (Å²) in [4.78, 5) is 11.7.